The molecule has 2 aromatic carbocycles. The predicted octanol–water partition coefficient (Wildman–Crippen LogP) is 3.04. The maximum absolute atomic E-state index is 13.5. The molecule has 3 rings (SSSR count). The van der Waals surface area contributed by atoms with Gasteiger partial charge >= 0.3 is 12.3 Å². The van der Waals surface area contributed by atoms with Crippen LogP contribution in [-0.4, -0.2) is 72.6 Å². The van der Waals surface area contributed by atoms with Crippen molar-refractivity contribution in [1.29, 1.82) is 0 Å². The van der Waals surface area contributed by atoms with Crippen LogP contribution in [0.5, 0.6) is 5.75 Å². The Morgan fingerprint density at radius 1 is 1.00 bits per heavy atom. The van der Waals surface area contributed by atoms with Crippen LogP contribution < -0.4 is 10.1 Å². The van der Waals surface area contributed by atoms with E-state index >= 15 is 0 Å². The summed E-state index contributed by atoms with van der Waals surface area (Å²) in [5, 5.41) is 11.5. The maximum Gasteiger partial charge on any atom is 0.573 e. The topological polar surface area (TPSA) is 133 Å². The Morgan fingerprint density at radius 3 is 2.15 bits per heavy atom. The largest absolute Gasteiger partial charge is 0.573 e. The molecule has 0 aliphatic carbocycles. The van der Waals surface area contributed by atoms with Gasteiger partial charge in [0.25, 0.3) is 0 Å². The van der Waals surface area contributed by atoms with Crippen molar-refractivity contribution in [3.63, 3.8) is 0 Å². The number of nitrogens with zero attached hydrogens (tertiary/aromatic N) is 2. The maximum atomic E-state index is 13.5. The van der Waals surface area contributed by atoms with Gasteiger partial charge in [-0.1, -0.05) is 45.0 Å². The fourth-order valence-electron chi connectivity index (χ4n) is 4.09. The molecule has 0 radical (unpaired) electrons. The molecule has 41 heavy (non-hydrogen) atoms. The summed E-state index contributed by atoms with van der Waals surface area (Å²) in [6.07, 6.45) is -3.53. The molecule has 0 saturated carbocycles. The minimum atomic E-state index is -4.96. The quantitative estimate of drug-likeness (QED) is 0.447. The first-order valence-corrected chi connectivity index (χ1v) is 13.9. The lowest BCUT2D eigenvalue weighted by atomic mass is 9.87. The SMILES string of the molecule is CC(C)(C)c1ccc(CNC(=O)[C@H]2CN(C(=O)/C=C/C(=O)O)CCN2S(=O)(=O)c2ccc(OC(F)(F)F)cc2)cc1. The molecule has 1 fully saturated rings. The van der Waals surface area contributed by atoms with Crippen LogP contribution in [-0.2, 0) is 36.4 Å². The molecule has 1 atom stereocenters. The molecule has 2 amide bonds. The number of aliphatic carboxylic acids is 1. The Bertz CT molecular complexity index is 1400. The fourth-order valence-corrected chi connectivity index (χ4v) is 5.66. The Hall–Kier alpha value is -3.91. The highest BCUT2D eigenvalue weighted by Gasteiger charge is 2.41. The van der Waals surface area contributed by atoms with Gasteiger partial charge in [-0.2, -0.15) is 4.31 Å². The van der Waals surface area contributed by atoms with Crippen molar-refractivity contribution in [3.05, 3.63) is 71.8 Å². The van der Waals surface area contributed by atoms with Crippen LogP contribution in [0.4, 0.5) is 13.2 Å². The van der Waals surface area contributed by atoms with E-state index in [1.54, 1.807) is 0 Å². The highest BCUT2D eigenvalue weighted by molar-refractivity contribution is 7.89. The number of halogens is 3. The lowest BCUT2D eigenvalue weighted by molar-refractivity contribution is -0.274. The molecule has 10 nitrogen and oxygen atoms in total. The third-order valence-electron chi connectivity index (χ3n) is 6.26. The van der Waals surface area contributed by atoms with Gasteiger partial charge in [0.05, 0.1) is 4.90 Å². The molecule has 0 unspecified atom stereocenters. The Balaban J connectivity index is 1.84. The number of alkyl halides is 3. The molecule has 1 saturated heterocycles. The third-order valence-corrected chi connectivity index (χ3v) is 8.19. The molecule has 0 bridgehead atoms. The number of nitrogens with one attached hydrogen (secondary N) is 1. The van der Waals surface area contributed by atoms with Crippen molar-refractivity contribution in [2.24, 2.45) is 0 Å². The van der Waals surface area contributed by atoms with Crippen LogP contribution in [0.3, 0.4) is 0 Å². The number of hydrogen-bond donors (Lipinski definition) is 2. The van der Waals surface area contributed by atoms with Gasteiger partial charge in [0.15, 0.2) is 0 Å². The summed E-state index contributed by atoms with van der Waals surface area (Å²) in [7, 11) is -4.41. The van der Waals surface area contributed by atoms with Crippen LogP contribution in [0.15, 0.2) is 65.6 Å². The first kappa shape index (κ1) is 31.6. The van der Waals surface area contributed by atoms with Crippen LogP contribution in [0.2, 0.25) is 0 Å². The highest BCUT2D eigenvalue weighted by atomic mass is 32.2. The minimum absolute atomic E-state index is 0.0595. The molecular formula is C27H30F3N3O7S. The van der Waals surface area contributed by atoms with E-state index in [-0.39, 0.29) is 36.5 Å². The van der Waals surface area contributed by atoms with Crippen molar-refractivity contribution >= 4 is 27.8 Å². The standard InChI is InChI=1S/C27H30F3N3O7S/c1-26(2,3)19-6-4-18(5-7-19)16-31-25(37)22-17-32(23(34)12-13-24(35)36)14-15-33(22)41(38,39)21-10-8-20(9-11-21)40-27(28,29)30/h4-13,22H,14-17H2,1-3H3,(H,31,37)(H,35,36)/b13-12+/t22-/m1/s1. The Morgan fingerprint density at radius 2 is 1.61 bits per heavy atom. The van der Waals surface area contributed by atoms with Crippen molar-refractivity contribution in [1.82, 2.24) is 14.5 Å². The average molecular weight is 598 g/mol. The molecular weight excluding hydrogens is 567 g/mol. The van der Waals surface area contributed by atoms with Crippen molar-refractivity contribution in [3.8, 4) is 5.75 Å². The number of carbonyl (C=O) groups excluding carboxylic acids is 2. The van der Waals surface area contributed by atoms with Gasteiger partial charge in [0.2, 0.25) is 21.8 Å². The second-order valence-corrected chi connectivity index (χ2v) is 12.2. The number of ether oxygens (including phenoxy) is 1. The van der Waals surface area contributed by atoms with Gasteiger partial charge in [-0.05, 0) is 40.8 Å². The normalized spacial score (nSPS) is 16.9. The number of sulfonamides is 1. The van der Waals surface area contributed by atoms with E-state index in [0.717, 1.165) is 50.7 Å². The summed E-state index contributed by atoms with van der Waals surface area (Å²) >= 11 is 0. The number of amides is 2. The van der Waals surface area contributed by atoms with Crippen molar-refractivity contribution in [2.75, 3.05) is 19.6 Å². The van der Waals surface area contributed by atoms with E-state index < -0.39 is 46.0 Å². The van der Waals surface area contributed by atoms with Gasteiger partial charge in [-0.3, -0.25) is 9.59 Å². The summed E-state index contributed by atoms with van der Waals surface area (Å²) in [5.41, 5.74) is 1.74. The van der Waals surface area contributed by atoms with E-state index in [4.69, 9.17) is 5.11 Å². The summed E-state index contributed by atoms with van der Waals surface area (Å²) in [4.78, 5) is 37.4. The number of carboxylic acids is 1. The monoisotopic (exact) mass is 597 g/mol. The molecule has 14 heteroatoms. The van der Waals surface area contributed by atoms with Gasteiger partial charge in [-0.15, -0.1) is 13.2 Å². The number of carboxylic acid groups (broad SMARTS) is 1. The van der Waals surface area contributed by atoms with Crippen LogP contribution >= 0.6 is 0 Å². The minimum Gasteiger partial charge on any atom is -0.478 e. The first-order chi connectivity index (χ1) is 19.0. The van der Waals surface area contributed by atoms with E-state index in [2.05, 4.69) is 30.8 Å². The molecule has 1 aliphatic rings. The summed E-state index contributed by atoms with van der Waals surface area (Å²) in [5.74, 6) is -3.42. The molecule has 2 N–H and O–H groups in total. The number of rotatable bonds is 8. The number of benzene rings is 2. The first-order valence-electron chi connectivity index (χ1n) is 12.4. The lowest BCUT2D eigenvalue weighted by Crippen LogP contribution is -2.61. The zero-order valence-electron chi connectivity index (χ0n) is 22.5. The molecule has 0 aromatic heterocycles. The zero-order valence-corrected chi connectivity index (χ0v) is 23.3. The van der Waals surface area contributed by atoms with E-state index in [9.17, 15) is 36.0 Å². The molecule has 0 spiro atoms. The third kappa shape index (κ3) is 8.54. The van der Waals surface area contributed by atoms with Crippen LogP contribution in [0, 0.1) is 0 Å². The lowest BCUT2D eigenvalue weighted by Gasteiger charge is -2.39. The van der Waals surface area contributed by atoms with Crippen molar-refractivity contribution < 1.29 is 45.8 Å². The van der Waals surface area contributed by atoms with E-state index in [1.165, 1.54) is 0 Å². The second kappa shape index (κ2) is 12.3. The summed E-state index contributed by atoms with van der Waals surface area (Å²) in [6, 6.07) is 9.61. The highest BCUT2D eigenvalue weighted by Crippen LogP contribution is 2.27. The van der Waals surface area contributed by atoms with Crippen LogP contribution in [0.25, 0.3) is 0 Å². The smallest absolute Gasteiger partial charge is 0.478 e. The average Bonchev–Trinajstić information content (AvgIpc) is 2.89. The molecule has 222 valence electrons. The second-order valence-electron chi connectivity index (χ2n) is 10.3. The van der Waals surface area contributed by atoms with Crippen molar-refractivity contribution in [2.45, 2.75) is 50.0 Å². The molecule has 1 heterocycles. The summed E-state index contributed by atoms with van der Waals surface area (Å²) in [6.45, 7) is 5.35. The zero-order chi connectivity index (χ0) is 30.6. The predicted molar refractivity (Wildman–Crippen MR) is 141 cm³/mol. The molecule has 1 aliphatic heterocycles. The number of carbonyl (C=O) groups is 3. The van der Waals surface area contributed by atoms with Gasteiger partial charge < -0.3 is 20.1 Å². The number of piperazine rings is 1. The Labute approximate surface area is 235 Å². The number of hydrogen-bond acceptors (Lipinski definition) is 6. The van der Waals surface area contributed by atoms with Crippen LogP contribution in [0.1, 0.15) is 31.9 Å². The van der Waals surface area contributed by atoms with Gasteiger partial charge in [0, 0.05) is 38.3 Å². The fraction of sp³-hybridized carbons (Fsp3) is 0.370. The molecule has 2 aromatic rings. The van der Waals surface area contributed by atoms with Gasteiger partial charge in [0.1, 0.15) is 11.8 Å². The van der Waals surface area contributed by atoms with E-state index in [0.29, 0.717) is 6.08 Å². The van der Waals surface area contributed by atoms with Gasteiger partial charge in [-0.25, -0.2) is 13.2 Å². The summed E-state index contributed by atoms with van der Waals surface area (Å²) < 4.78 is 69.2. The Kier molecular flexibility index (Phi) is 9.49. The van der Waals surface area contributed by atoms with E-state index in [1.807, 2.05) is 24.3 Å².